The fourth-order valence-electron chi connectivity index (χ4n) is 2.40. The lowest BCUT2D eigenvalue weighted by Gasteiger charge is -2.36. The first-order valence-electron chi connectivity index (χ1n) is 6.38. The molecule has 104 valence electrons. The van der Waals surface area contributed by atoms with E-state index in [1.807, 2.05) is 17.5 Å². The number of para-hydroxylation sites is 2. The zero-order valence-electron chi connectivity index (χ0n) is 11.1. The number of thiazole rings is 1. The van der Waals surface area contributed by atoms with Crippen LogP contribution in [0.15, 0.2) is 29.6 Å². The first kappa shape index (κ1) is 12.9. The Hall–Kier alpha value is -2.08. The maximum absolute atomic E-state index is 10.9. The number of hydrogen-bond acceptors (Lipinski definition) is 5. The average molecular weight is 289 g/mol. The van der Waals surface area contributed by atoms with Crippen LogP contribution in [0.25, 0.3) is 0 Å². The van der Waals surface area contributed by atoms with Crippen LogP contribution in [-0.4, -0.2) is 36.2 Å². The molecule has 1 aliphatic rings. The van der Waals surface area contributed by atoms with Crippen molar-refractivity contribution >= 4 is 28.7 Å². The highest BCUT2D eigenvalue weighted by Gasteiger charge is 2.21. The highest BCUT2D eigenvalue weighted by Crippen LogP contribution is 2.32. The molecule has 1 aliphatic heterocycles. The Balaban J connectivity index is 1.84. The molecule has 1 aromatic carbocycles. The fourth-order valence-corrected chi connectivity index (χ4v) is 3.05. The van der Waals surface area contributed by atoms with Crippen LogP contribution in [0.2, 0.25) is 0 Å². The Morgan fingerprint density at radius 3 is 2.80 bits per heavy atom. The quantitative estimate of drug-likeness (QED) is 0.939. The maximum Gasteiger partial charge on any atom is 0.365 e. The number of hydrogen-bond donors (Lipinski definition) is 1. The van der Waals surface area contributed by atoms with Crippen LogP contribution in [0.5, 0.6) is 0 Å². The van der Waals surface area contributed by atoms with Crippen molar-refractivity contribution in [1.82, 2.24) is 4.98 Å². The number of nitrogens with zero attached hydrogens (tertiary/aromatic N) is 3. The predicted octanol–water partition coefficient (Wildman–Crippen LogP) is 2.30. The minimum atomic E-state index is -0.958. The molecule has 20 heavy (non-hydrogen) atoms. The molecule has 2 heterocycles. The van der Waals surface area contributed by atoms with Gasteiger partial charge in [-0.2, -0.15) is 0 Å². The molecule has 0 radical (unpaired) electrons. The smallest absolute Gasteiger partial charge is 0.365 e. The first-order chi connectivity index (χ1) is 9.65. The Bertz CT molecular complexity index is 641. The van der Waals surface area contributed by atoms with Gasteiger partial charge in [-0.25, -0.2) is 9.78 Å². The summed E-state index contributed by atoms with van der Waals surface area (Å²) in [6, 6.07) is 8.25. The number of anilines is 2. The second-order valence-electron chi connectivity index (χ2n) is 4.78. The van der Waals surface area contributed by atoms with Crippen molar-refractivity contribution in [2.24, 2.45) is 0 Å². The van der Waals surface area contributed by atoms with E-state index >= 15 is 0 Å². The second kappa shape index (κ2) is 5.13. The third-order valence-corrected chi connectivity index (χ3v) is 4.31. The normalized spacial score (nSPS) is 14.2. The molecule has 0 saturated heterocycles. The molecule has 1 N–H and O–H groups in total. The highest BCUT2D eigenvalue weighted by atomic mass is 32.1. The number of carbonyl (C=O) groups is 1. The van der Waals surface area contributed by atoms with Gasteiger partial charge in [-0.3, -0.25) is 0 Å². The maximum atomic E-state index is 10.9. The van der Waals surface area contributed by atoms with Gasteiger partial charge in [0.15, 0.2) is 0 Å². The van der Waals surface area contributed by atoms with E-state index in [-0.39, 0.29) is 5.01 Å². The molecule has 0 spiro atoms. The van der Waals surface area contributed by atoms with Crippen LogP contribution in [0.3, 0.4) is 0 Å². The lowest BCUT2D eigenvalue weighted by atomic mass is 10.1. The van der Waals surface area contributed by atoms with E-state index < -0.39 is 5.97 Å². The van der Waals surface area contributed by atoms with Gasteiger partial charge >= 0.3 is 5.97 Å². The third-order valence-electron chi connectivity index (χ3n) is 3.43. The summed E-state index contributed by atoms with van der Waals surface area (Å²) < 4.78 is 0. The molecule has 0 fully saturated rings. The summed E-state index contributed by atoms with van der Waals surface area (Å²) in [6.45, 7) is 2.51. The van der Waals surface area contributed by atoms with Crippen molar-refractivity contribution < 1.29 is 9.90 Å². The summed E-state index contributed by atoms with van der Waals surface area (Å²) in [5.41, 5.74) is 3.19. The number of rotatable bonds is 3. The Morgan fingerprint density at radius 1 is 1.35 bits per heavy atom. The fraction of sp³-hybridized carbons (Fsp3) is 0.286. The number of carboxylic acid groups (broad SMARTS) is 1. The second-order valence-corrected chi connectivity index (χ2v) is 5.64. The van der Waals surface area contributed by atoms with Gasteiger partial charge in [0.05, 0.1) is 23.6 Å². The van der Waals surface area contributed by atoms with Crippen molar-refractivity contribution in [3.05, 3.63) is 40.3 Å². The van der Waals surface area contributed by atoms with Crippen LogP contribution in [0.4, 0.5) is 11.4 Å². The number of carboxylic acids is 1. The van der Waals surface area contributed by atoms with E-state index in [1.54, 1.807) is 0 Å². The van der Waals surface area contributed by atoms with Gasteiger partial charge in [0, 0.05) is 25.5 Å². The molecule has 3 rings (SSSR count). The molecule has 0 bridgehead atoms. The highest BCUT2D eigenvalue weighted by molar-refractivity contribution is 7.11. The van der Waals surface area contributed by atoms with Crippen LogP contribution >= 0.6 is 11.3 Å². The van der Waals surface area contributed by atoms with Crippen LogP contribution < -0.4 is 9.80 Å². The summed E-state index contributed by atoms with van der Waals surface area (Å²) in [6.07, 6.45) is 0. The van der Waals surface area contributed by atoms with Gasteiger partial charge in [-0.15, -0.1) is 11.3 Å². The summed E-state index contributed by atoms with van der Waals surface area (Å²) in [5.74, 6) is -0.958. The van der Waals surface area contributed by atoms with Gasteiger partial charge < -0.3 is 14.9 Å². The summed E-state index contributed by atoms with van der Waals surface area (Å²) in [4.78, 5) is 19.5. The predicted molar refractivity (Wildman–Crippen MR) is 79.8 cm³/mol. The molecular formula is C14H15N3O2S. The van der Waals surface area contributed by atoms with E-state index in [0.717, 1.165) is 18.8 Å². The monoisotopic (exact) mass is 289 g/mol. The van der Waals surface area contributed by atoms with E-state index in [1.165, 1.54) is 22.7 Å². The lowest BCUT2D eigenvalue weighted by molar-refractivity contribution is 0.0696. The molecule has 0 aliphatic carbocycles. The summed E-state index contributed by atoms with van der Waals surface area (Å²) >= 11 is 1.18. The van der Waals surface area contributed by atoms with Gasteiger partial charge in [0.1, 0.15) is 0 Å². The van der Waals surface area contributed by atoms with Crippen LogP contribution in [0, 0.1) is 0 Å². The third kappa shape index (κ3) is 2.34. The van der Waals surface area contributed by atoms with Crippen molar-refractivity contribution in [1.29, 1.82) is 0 Å². The van der Waals surface area contributed by atoms with E-state index in [0.29, 0.717) is 6.54 Å². The van der Waals surface area contributed by atoms with Gasteiger partial charge in [-0.1, -0.05) is 12.1 Å². The number of aromatic carboxylic acids is 1. The molecule has 0 atom stereocenters. The van der Waals surface area contributed by atoms with Gasteiger partial charge in [-0.05, 0) is 12.1 Å². The first-order valence-corrected chi connectivity index (χ1v) is 7.26. The average Bonchev–Trinajstić information content (AvgIpc) is 2.91. The van der Waals surface area contributed by atoms with Gasteiger partial charge in [0.25, 0.3) is 0 Å². The van der Waals surface area contributed by atoms with E-state index in [9.17, 15) is 4.79 Å². The topological polar surface area (TPSA) is 56.7 Å². The number of likely N-dealkylation sites (N-methyl/N-ethyl adjacent to an activating group) is 1. The lowest BCUT2D eigenvalue weighted by Crippen LogP contribution is -2.38. The molecule has 0 amide bonds. The molecular weight excluding hydrogens is 274 g/mol. The summed E-state index contributed by atoms with van der Waals surface area (Å²) in [5, 5.41) is 10.9. The van der Waals surface area contributed by atoms with Crippen molar-refractivity contribution in [3.8, 4) is 0 Å². The standard InChI is InChI=1S/C14H15N3O2S/c1-16-6-7-17(12-5-3-2-4-11(12)16)8-10-9-20-13(15-10)14(18)19/h2-5,9H,6-8H2,1H3,(H,18,19). The Labute approximate surface area is 121 Å². The van der Waals surface area contributed by atoms with Crippen molar-refractivity contribution in [3.63, 3.8) is 0 Å². The largest absolute Gasteiger partial charge is 0.476 e. The van der Waals surface area contributed by atoms with E-state index in [4.69, 9.17) is 5.11 Å². The minimum Gasteiger partial charge on any atom is -0.476 e. The van der Waals surface area contributed by atoms with Crippen molar-refractivity contribution in [2.45, 2.75) is 6.54 Å². The molecule has 0 unspecified atom stereocenters. The van der Waals surface area contributed by atoms with E-state index in [2.05, 4.69) is 34.0 Å². The Morgan fingerprint density at radius 2 is 2.10 bits per heavy atom. The molecule has 0 saturated carbocycles. The minimum absolute atomic E-state index is 0.155. The Kier molecular flexibility index (Phi) is 3.31. The number of aromatic nitrogens is 1. The SMILES string of the molecule is CN1CCN(Cc2csc(C(=O)O)n2)c2ccccc21. The molecule has 5 nitrogen and oxygen atoms in total. The van der Waals surface area contributed by atoms with Crippen LogP contribution in [-0.2, 0) is 6.54 Å². The zero-order chi connectivity index (χ0) is 14.1. The molecule has 1 aromatic heterocycles. The molecule has 6 heteroatoms. The zero-order valence-corrected chi connectivity index (χ0v) is 11.9. The molecule has 2 aromatic rings. The van der Waals surface area contributed by atoms with Gasteiger partial charge in [0.2, 0.25) is 5.01 Å². The number of fused-ring (bicyclic) bond motifs is 1. The number of benzene rings is 1. The van der Waals surface area contributed by atoms with Crippen molar-refractivity contribution in [2.75, 3.05) is 29.9 Å². The summed E-state index contributed by atoms with van der Waals surface area (Å²) in [7, 11) is 2.08. The van der Waals surface area contributed by atoms with Crippen LogP contribution in [0.1, 0.15) is 15.5 Å².